The van der Waals surface area contributed by atoms with Crippen LogP contribution < -0.4 is 15.5 Å². The fourth-order valence-corrected chi connectivity index (χ4v) is 3.68. The summed E-state index contributed by atoms with van der Waals surface area (Å²) in [5, 5.41) is 6.77. The predicted molar refractivity (Wildman–Crippen MR) is 111 cm³/mol. The highest BCUT2D eigenvalue weighted by Crippen LogP contribution is 2.19. The van der Waals surface area contributed by atoms with Gasteiger partial charge < -0.3 is 15.5 Å². The van der Waals surface area contributed by atoms with Crippen LogP contribution in [0.15, 0.2) is 41.4 Å². The number of hydrogen-bond donors (Lipinski definition) is 2. The van der Waals surface area contributed by atoms with Crippen LogP contribution in [0.2, 0.25) is 0 Å². The molecule has 1 aromatic rings. The largest absolute Gasteiger partial charge is 0.364 e. The predicted octanol–water partition coefficient (Wildman–Crippen LogP) is 2.85. The summed E-state index contributed by atoms with van der Waals surface area (Å²) in [4.78, 5) is 8.90. The van der Waals surface area contributed by atoms with Gasteiger partial charge in [0.2, 0.25) is 0 Å². The summed E-state index contributed by atoms with van der Waals surface area (Å²) in [5.74, 6) is 0.794. The Morgan fingerprint density at radius 2 is 1.96 bits per heavy atom. The monoisotopic (exact) mass is 391 g/mol. The smallest absolute Gasteiger partial charge is 0.251 e. The Morgan fingerprint density at radius 3 is 2.64 bits per heavy atom. The van der Waals surface area contributed by atoms with E-state index in [1.54, 1.807) is 0 Å². The third kappa shape index (κ3) is 6.19. The molecular weight excluding hydrogens is 360 g/mol. The lowest BCUT2D eigenvalue weighted by molar-refractivity contribution is 0.0744. The summed E-state index contributed by atoms with van der Waals surface area (Å²) in [6.45, 7) is 6.64. The molecule has 0 amide bonds. The number of benzene rings is 1. The number of hydrogen-bond acceptors (Lipinski definition) is 3. The Hall–Kier alpha value is -2.15. The maximum absolute atomic E-state index is 12.5. The average molecular weight is 392 g/mol. The van der Waals surface area contributed by atoms with Gasteiger partial charge >= 0.3 is 0 Å². The molecule has 0 aromatic heterocycles. The maximum atomic E-state index is 12.5. The van der Waals surface area contributed by atoms with Crippen LogP contribution in [-0.4, -0.2) is 62.6 Å². The fourth-order valence-electron chi connectivity index (χ4n) is 3.68. The number of anilines is 1. The molecule has 0 aliphatic carbocycles. The second kappa shape index (κ2) is 10.4. The number of guanidine groups is 1. The van der Waals surface area contributed by atoms with E-state index in [-0.39, 0.29) is 12.6 Å². The van der Waals surface area contributed by atoms with Gasteiger partial charge in [0.25, 0.3) is 6.43 Å². The molecule has 28 heavy (non-hydrogen) atoms. The number of aliphatic imine (C=N–C) groups is 1. The Balaban J connectivity index is 1.54. The van der Waals surface area contributed by atoms with Gasteiger partial charge in [0.05, 0.1) is 13.1 Å². The molecule has 1 saturated heterocycles. The summed E-state index contributed by atoms with van der Waals surface area (Å²) in [5.41, 5.74) is 2.40. The van der Waals surface area contributed by atoms with E-state index < -0.39 is 6.43 Å². The van der Waals surface area contributed by atoms with Crippen molar-refractivity contribution in [2.24, 2.45) is 4.99 Å². The van der Waals surface area contributed by atoms with Gasteiger partial charge in [0.15, 0.2) is 5.96 Å². The Bertz CT molecular complexity index is 661. The molecule has 0 saturated carbocycles. The van der Waals surface area contributed by atoms with Gasteiger partial charge in [0.1, 0.15) is 0 Å². The van der Waals surface area contributed by atoms with Crippen LogP contribution in [-0.2, 0) is 6.54 Å². The van der Waals surface area contributed by atoms with Crippen molar-refractivity contribution in [3.8, 4) is 0 Å². The lowest BCUT2D eigenvalue weighted by Crippen LogP contribution is -2.49. The van der Waals surface area contributed by atoms with Gasteiger partial charge in [0, 0.05) is 44.5 Å². The van der Waals surface area contributed by atoms with Gasteiger partial charge in [-0.05, 0) is 37.5 Å². The molecule has 0 bridgehead atoms. The second-order valence-electron chi connectivity index (χ2n) is 7.35. The van der Waals surface area contributed by atoms with Crippen molar-refractivity contribution in [2.45, 2.75) is 38.8 Å². The van der Waals surface area contributed by atoms with E-state index in [2.05, 4.69) is 52.0 Å². The van der Waals surface area contributed by atoms with Crippen LogP contribution in [0.3, 0.4) is 0 Å². The number of nitrogens with one attached hydrogen (secondary N) is 2. The number of piperidine rings is 1. The van der Waals surface area contributed by atoms with Crippen LogP contribution in [0, 0.1) is 0 Å². The molecule has 2 aliphatic rings. The summed E-state index contributed by atoms with van der Waals surface area (Å²) in [6.07, 6.45) is 3.83. The Kier molecular flexibility index (Phi) is 7.65. The van der Waals surface area contributed by atoms with Crippen molar-refractivity contribution in [3.05, 3.63) is 42.0 Å². The number of rotatable bonds is 7. The Morgan fingerprint density at radius 1 is 1.21 bits per heavy atom. The molecule has 0 unspecified atom stereocenters. The van der Waals surface area contributed by atoms with Gasteiger partial charge in [-0.1, -0.05) is 24.3 Å². The fraction of sp³-hybridized carbons (Fsp3) is 0.571. The minimum atomic E-state index is -2.25. The van der Waals surface area contributed by atoms with Crippen LogP contribution in [0.4, 0.5) is 14.5 Å². The summed E-state index contributed by atoms with van der Waals surface area (Å²) < 4.78 is 25.0. The van der Waals surface area contributed by atoms with Gasteiger partial charge in [-0.2, -0.15) is 0 Å². The molecular formula is C21H31F2N5. The molecule has 1 fully saturated rings. The minimum Gasteiger partial charge on any atom is -0.364 e. The topological polar surface area (TPSA) is 42.9 Å². The standard InChI is InChI=1S/C21H31F2N5/c1-2-24-21(26-18-8-12-27(13-9-18)16-20(22)23)25-15-17-6-5-7-19(14-17)28-10-3-4-11-28/h3-7,14,18,20H,2,8-13,15-16H2,1H3,(H2,24,25,26). The van der Waals surface area contributed by atoms with E-state index in [0.29, 0.717) is 19.6 Å². The summed E-state index contributed by atoms with van der Waals surface area (Å²) >= 11 is 0. The van der Waals surface area contributed by atoms with Crippen molar-refractivity contribution in [2.75, 3.05) is 44.2 Å². The van der Waals surface area contributed by atoms with Crippen molar-refractivity contribution in [3.63, 3.8) is 0 Å². The van der Waals surface area contributed by atoms with Crippen molar-refractivity contribution in [1.82, 2.24) is 15.5 Å². The van der Waals surface area contributed by atoms with E-state index in [4.69, 9.17) is 4.99 Å². The van der Waals surface area contributed by atoms with E-state index in [9.17, 15) is 8.78 Å². The van der Waals surface area contributed by atoms with E-state index in [0.717, 1.165) is 38.4 Å². The highest BCUT2D eigenvalue weighted by Gasteiger charge is 2.22. The number of alkyl halides is 2. The SMILES string of the molecule is CCNC(=NCc1cccc(N2CC=CC2)c1)NC1CCN(CC(F)F)CC1. The first-order valence-electron chi connectivity index (χ1n) is 10.2. The number of halogens is 2. The number of nitrogens with zero attached hydrogens (tertiary/aromatic N) is 3. The summed E-state index contributed by atoms with van der Waals surface area (Å²) in [6, 6.07) is 8.79. The highest BCUT2D eigenvalue weighted by atomic mass is 19.3. The normalized spacial score (nSPS) is 18.9. The molecule has 154 valence electrons. The molecule has 1 aromatic carbocycles. The molecule has 7 heteroatoms. The summed E-state index contributed by atoms with van der Waals surface area (Å²) in [7, 11) is 0. The Labute approximate surface area is 166 Å². The molecule has 2 heterocycles. The molecule has 2 N–H and O–H groups in total. The first-order valence-corrected chi connectivity index (χ1v) is 10.2. The van der Waals surface area contributed by atoms with E-state index in [1.165, 1.54) is 11.3 Å². The van der Waals surface area contributed by atoms with Crippen molar-refractivity contribution in [1.29, 1.82) is 0 Å². The lowest BCUT2D eigenvalue weighted by atomic mass is 10.1. The number of likely N-dealkylation sites (tertiary alicyclic amines) is 1. The first-order chi connectivity index (χ1) is 13.6. The van der Waals surface area contributed by atoms with Crippen molar-refractivity contribution >= 4 is 11.6 Å². The average Bonchev–Trinajstić information content (AvgIpc) is 3.22. The first kappa shape index (κ1) is 20.6. The van der Waals surface area contributed by atoms with Crippen LogP contribution >= 0.6 is 0 Å². The zero-order chi connectivity index (χ0) is 19.8. The molecule has 5 nitrogen and oxygen atoms in total. The molecule has 0 atom stereocenters. The van der Waals surface area contributed by atoms with Gasteiger partial charge in [-0.3, -0.25) is 4.90 Å². The molecule has 3 rings (SSSR count). The third-order valence-corrected chi connectivity index (χ3v) is 5.18. The van der Waals surface area contributed by atoms with Gasteiger partial charge in [-0.15, -0.1) is 0 Å². The zero-order valence-corrected chi connectivity index (χ0v) is 16.6. The second-order valence-corrected chi connectivity index (χ2v) is 7.35. The molecule has 0 radical (unpaired) electrons. The molecule has 0 spiro atoms. The minimum absolute atomic E-state index is 0.121. The zero-order valence-electron chi connectivity index (χ0n) is 16.6. The highest BCUT2D eigenvalue weighted by molar-refractivity contribution is 5.80. The lowest BCUT2D eigenvalue weighted by Gasteiger charge is -2.32. The molecule has 2 aliphatic heterocycles. The van der Waals surface area contributed by atoms with Crippen LogP contribution in [0.25, 0.3) is 0 Å². The maximum Gasteiger partial charge on any atom is 0.251 e. The van der Waals surface area contributed by atoms with E-state index in [1.807, 2.05) is 11.8 Å². The quantitative estimate of drug-likeness (QED) is 0.426. The van der Waals surface area contributed by atoms with Crippen LogP contribution in [0.1, 0.15) is 25.3 Å². The van der Waals surface area contributed by atoms with Crippen molar-refractivity contribution < 1.29 is 8.78 Å². The van der Waals surface area contributed by atoms with Crippen LogP contribution in [0.5, 0.6) is 0 Å². The third-order valence-electron chi connectivity index (χ3n) is 5.18. The van der Waals surface area contributed by atoms with E-state index >= 15 is 0 Å². The van der Waals surface area contributed by atoms with Gasteiger partial charge in [-0.25, -0.2) is 13.8 Å².